The van der Waals surface area contributed by atoms with Gasteiger partial charge in [-0.15, -0.1) is 0 Å². The number of hydrogen-bond acceptors (Lipinski definition) is 1. The molecule has 0 radical (unpaired) electrons. The van der Waals surface area contributed by atoms with Crippen molar-refractivity contribution in [3.8, 4) is 0 Å². The minimum atomic E-state index is -0.213. The molecule has 0 saturated heterocycles. The van der Waals surface area contributed by atoms with Crippen molar-refractivity contribution in [2.45, 2.75) is 6.04 Å². The van der Waals surface area contributed by atoms with Gasteiger partial charge in [0.1, 0.15) is 5.82 Å². The molecule has 1 N–H and O–H groups in total. The largest absolute Gasteiger partial charge is 0.309 e. The van der Waals surface area contributed by atoms with Crippen molar-refractivity contribution >= 4 is 38.5 Å². The third kappa shape index (κ3) is 3.10. The molecule has 0 aliphatic carbocycles. The third-order valence-corrected chi connectivity index (χ3v) is 4.13. The van der Waals surface area contributed by atoms with Gasteiger partial charge in [0.05, 0.1) is 6.04 Å². The summed E-state index contributed by atoms with van der Waals surface area (Å²) in [7, 11) is 1.88. The van der Waals surface area contributed by atoms with Gasteiger partial charge >= 0.3 is 0 Å². The highest BCUT2D eigenvalue weighted by Crippen LogP contribution is 2.30. The normalized spacial score (nSPS) is 12.4. The van der Waals surface area contributed by atoms with Crippen LogP contribution >= 0.6 is 38.5 Å². The van der Waals surface area contributed by atoms with Gasteiger partial charge in [0.15, 0.2) is 0 Å². The fourth-order valence-electron chi connectivity index (χ4n) is 1.92. The molecule has 1 atom stereocenters. The van der Waals surface area contributed by atoms with Gasteiger partial charge in [0.2, 0.25) is 0 Å². The first-order valence-corrected chi connectivity index (χ1v) is 7.36. The van der Waals surface area contributed by atoms with E-state index in [0.29, 0.717) is 0 Å². The molecule has 0 amide bonds. The molecule has 4 heteroatoms. The van der Waals surface area contributed by atoms with Crippen molar-refractivity contribution in [1.82, 2.24) is 5.32 Å². The van der Waals surface area contributed by atoms with Gasteiger partial charge in [-0.25, -0.2) is 4.39 Å². The Kier molecular flexibility index (Phi) is 4.75. The summed E-state index contributed by atoms with van der Waals surface area (Å²) in [6, 6.07) is 12.8. The van der Waals surface area contributed by atoms with Crippen LogP contribution in [0.3, 0.4) is 0 Å². The molecule has 0 aliphatic rings. The Morgan fingerprint density at radius 1 is 1.22 bits per heavy atom. The van der Waals surface area contributed by atoms with Crippen LogP contribution in [0.5, 0.6) is 0 Å². The van der Waals surface area contributed by atoms with Crippen LogP contribution in [0.25, 0.3) is 0 Å². The molecular weight excluding hydrogens is 408 g/mol. The summed E-state index contributed by atoms with van der Waals surface area (Å²) in [5.41, 5.74) is 2.02. The monoisotopic (exact) mass is 419 g/mol. The zero-order valence-electron chi connectivity index (χ0n) is 9.75. The van der Waals surface area contributed by atoms with E-state index < -0.39 is 0 Å². The van der Waals surface area contributed by atoms with Gasteiger partial charge in [-0.05, 0) is 71.1 Å². The highest BCUT2D eigenvalue weighted by molar-refractivity contribution is 14.1. The molecule has 0 bridgehead atoms. The smallest absolute Gasteiger partial charge is 0.123 e. The van der Waals surface area contributed by atoms with Crippen LogP contribution in [-0.4, -0.2) is 7.05 Å². The highest BCUT2D eigenvalue weighted by Gasteiger charge is 2.15. The minimum absolute atomic E-state index is 0.0233. The maximum Gasteiger partial charge on any atom is 0.123 e. The van der Waals surface area contributed by atoms with E-state index in [1.807, 2.05) is 25.2 Å². The van der Waals surface area contributed by atoms with Gasteiger partial charge < -0.3 is 5.32 Å². The topological polar surface area (TPSA) is 12.0 Å². The SMILES string of the molecule is CNC(c1cccc(F)c1)c1cc(I)ccc1Br. The Morgan fingerprint density at radius 2 is 2.00 bits per heavy atom. The second-order valence-corrected chi connectivity index (χ2v) is 6.04. The summed E-state index contributed by atoms with van der Waals surface area (Å²) in [6.45, 7) is 0. The first kappa shape index (κ1) is 14.0. The summed E-state index contributed by atoms with van der Waals surface area (Å²) < 4.78 is 15.5. The molecule has 0 spiro atoms. The maximum atomic E-state index is 13.3. The van der Waals surface area contributed by atoms with Crippen molar-refractivity contribution in [3.63, 3.8) is 0 Å². The van der Waals surface area contributed by atoms with Crippen LogP contribution in [0.15, 0.2) is 46.9 Å². The third-order valence-electron chi connectivity index (χ3n) is 2.74. The number of benzene rings is 2. The maximum absolute atomic E-state index is 13.3. The predicted octanol–water partition coefficient (Wildman–Crippen LogP) is 4.50. The first-order valence-electron chi connectivity index (χ1n) is 5.49. The van der Waals surface area contributed by atoms with Gasteiger partial charge in [-0.1, -0.05) is 28.1 Å². The number of halogens is 3. The quantitative estimate of drug-likeness (QED) is 0.722. The van der Waals surface area contributed by atoms with E-state index >= 15 is 0 Å². The Bertz CT molecular complexity index is 559. The van der Waals surface area contributed by atoms with Crippen LogP contribution in [0.2, 0.25) is 0 Å². The van der Waals surface area contributed by atoms with Crippen molar-refractivity contribution in [1.29, 1.82) is 0 Å². The van der Waals surface area contributed by atoms with E-state index in [0.717, 1.165) is 19.2 Å². The van der Waals surface area contributed by atoms with Crippen LogP contribution in [0.1, 0.15) is 17.2 Å². The lowest BCUT2D eigenvalue weighted by molar-refractivity contribution is 0.616. The van der Waals surface area contributed by atoms with Crippen molar-refractivity contribution in [2.24, 2.45) is 0 Å². The van der Waals surface area contributed by atoms with E-state index in [9.17, 15) is 4.39 Å². The van der Waals surface area contributed by atoms with Gasteiger partial charge in [-0.3, -0.25) is 0 Å². The Labute approximate surface area is 128 Å². The Balaban J connectivity index is 2.48. The van der Waals surface area contributed by atoms with E-state index in [2.05, 4.69) is 49.9 Å². The molecule has 0 fully saturated rings. The van der Waals surface area contributed by atoms with Crippen molar-refractivity contribution < 1.29 is 4.39 Å². The molecule has 18 heavy (non-hydrogen) atoms. The molecule has 0 aliphatic heterocycles. The summed E-state index contributed by atoms with van der Waals surface area (Å²) in [4.78, 5) is 0. The molecule has 0 heterocycles. The van der Waals surface area contributed by atoms with E-state index in [1.54, 1.807) is 12.1 Å². The molecule has 94 valence electrons. The average molecular weight is 420 g/mol. The summed E-state index contributed by atoms with van der Waals surface area (Å²) in [6.07, 6.45) is 0. The number of rotatable bonds is 3. The number of hydrogen-bond donors (Lipinski definition) is 1. The zero-order chi connectivity index (χ0) is 13.1. The lowest BCUT2D eigenvalue weighted by Crippen LogP contribution is -2.18. The van der Waals surface area contributed by atoms with E-state index in [1.165, 1.54) is 6.07 Å². The molecule has 2 aromatic rings. The van der Waals surface area contributed by atoms with Gasteiger partial charge in [0, 0.05) is 8.04 Å². The van der Waals surface area contributed by atoms with E-state index in [-0.39, 0.29) is 11.9 Å². The second kappa shape index (κ2) is 6.12. The van der Waals surface area contributed by atoms with Gasteiger partial charge in [0.25, 0.3) is 0 Å². The summed E-state index contributed by atoms with van der Waals surface area (Å²) in [5.74, 6) is -0.213. The average Bonchev–Trinajstić information content (AvgIpc) is 2.35. The standard InChI is InChI=1S/C14H12BrFIN/c1-18-14(9-3-2-4-10(16)7-9)12-8-11(17)5-6-13(12)15/h2-8,14,18H,1H3. The molecule has 1 unspecified atom stereocenters. The zero-order valence-corrected chi connectivity index (χ0v) is 13.5. The molecule has 2 rings (SSSR count). The van der Waals surface area contributed by atoms with Crippen LogP contribution in [-0.2, 0) is 0 Å². The van der Waals surface area contributed by atoms with Gasteiger partial charge in [-0.2, -0.15) is 0 Å². The molecule has 1 nitrogen and oxygen atoms in total. The highest BCUT2D eigenvalue weighted by atomic mass is 127. The molecule has 0 saturated carbocycles. The fourth-order valence-corrected chi connectivity index (χ4v) is 2.91. The lowest BCUT2D eigenvalue weighted by Gasteiger charge is -2.19. The second-order valence-electron chi connectivity index (χ2n) is 3.94. The fraction of sp³-hybridized carbons (Fsp3) is 0.143. The van der Waals surface area contributed by atoms with Crippen molar-refractivity contribution in [3.05, 3.63) is 67.5 Å². The number of nitrogens with one attached hydrogen (secondary N) is 1. The molecule has 0 aromatic heterocycles. The van der Waals surface area contributed by atoms with Crippen molar-refractivity contribution in [2.75, 3.05) is 7.05 Å². The predicted molar refractivity (Wildman–Crippen MR) is 84.2 cm³/mol. The van der Waals surface area contributed by atoms with Crippen LogP contribution in [0.4, 0.5) is 4.39 Å². The van der Waals surface area contributed by atoms with Crippen LogP contribution < -0.4 is 5.32 Å². The lowest BCUT2D eigenvalue weighted by atomic mass is 9.99. The van der Waals surface area contributed by atoms with E-state index in [4.69, 9.17) is 0 Å². The summed E-state index contributed by atoms with van der Waals surface area (Å²) >= 11 is 5.83. The Hall–Kier alpha value is -0.460. The summed E-state index contributed by atoms with van der Waals surface area (Å²) in [5, 5.41) is 3.23. The first-order chi connectivity index (χ1) is 8.61. The molecular formula is C14H12BrFIN. The van der Waals surface area contributed by atoms with Crippen LogP contribution in [0, 0.1) is 9.39 Å². The minimum Gasteiger partial charge on any atom is -0.309 e. The molecule has 2 aromatic carbocycles. The Morgan fingerprint density at radius 3 is 2.67 bits per heavy atom.